The summed E-state index contributed by atoms with van der Waals surface area (Å²) in [7, 11) is 0. The summed E-state index contributed by atoms with van der Waals surface area (Å²) in [6, 6.07) is 8.65. The molecule has 0 aliphatic rings. The van der Waals surface area contributed by atoms with E-state index in [-0.39, 0.29) is 5.82 Å². The van der Waals surface area contributed by atoms with Gasteiger partial charge in [-0.2, -0.15) is 0 Å². The average Bonchev–Trinajstić information content (AvgIpc) is 2.31. The van der Waals surface area contributed by atoms with Crippen LogP contribution in [0.3, 0.4) is 0 Å². The fourth-order valence-corrected chi connectivity index (χ4v) is 1.71. The van der Waals surface area contributed by atoms with Gasteiger partial charge in [0.2, 0.25) is 0 Å². The van der Waals surface area contributed by atoms with Crippen molar-refractivity contribution in [2.45, 2.75) is 13.5 Å². The first-order valence-corrected chi connectivity index (χ1v) is 5.63. The third-order valence-corrected chi connectivity index (χ3v) is 2.65. The highest BCUT2D eigenvalue weighted by Gasteiger charge is 1.99. The predicted molar refractivity (Wildman–Crippen MR) is 67.7 cm³/mol. The molecule has 0 aliphatic carbocycles. The summed E-state index contributed by atoms with van der Waals surface area (Å²) in [4.78, 5) is 3.90. The molecule has 0 amide bonds. The fraction of sp³-hybridized carbons (Fsp3) is 0.154. The van der Waals surface area contributed by atoms with Crippen LogP contribution in [0.2, 0.25) is 5.15 Å². The van der Waals surface area contributed by atoms with E-state index in [4.69, 9.17) is 11.6 Å². The second kappa shape index (κ2) is 5.15. The lowest BCUT2D eigenvalue weighted by Gasteiger charge is -2.07. The van der Waals surface area contributed by atoms with Gasteiger partial charge in [0.15, 0.2) is 0 Å². The molecule has 0 saturated carbocycles. The molecule has 0 aliphatic heterocycles. The van der Waals surface area contributed by atoms with Crippen molar-refractivity contribution in [3.63, 3.8) is 0 Å². The molecular weight excluding hydrogens is 239 g/mol. The quantitative estimate of drug-likeness (QED) is 0.839. The summed E-state index contributed by atoms with van der Waals surface area (Å²) < 4.78 is 13.1. The van der Waals surface area contributed by atoms with Gasteiger partial charge in [-0.25, -0.2) is 9.37 Å². The van der Waals surface area contributed by atoms with E-state index in [1.54, 1.807) is 25.3 Å². The van der Waals surface area contributed by atoms with Crippen molar-refractivity contribution in [3.8, 4) is 0 Å². The maximum atomic E-state index is 13.1. The fourth-order valence-electron chi connectivity index (χ4n) is 1.53. The Kier molecular flexibility index (Phi) is 3.59. The molecule has 88 valence electrons. The maximum Gasteiger partial charge on any atom is 0.131 e. The Morgan fingerprint density at radius 3 is 2.82 bits per heavy atom. The van der Waals surface area contributed by atoms with Crippen LogP contribution in [0.1, 0.15) is 11.1 Å². The number of hydrogen-bond acceptors (Lipinski definition) is 2. The van der Waals surface area contributed by atoms with Crippen LogP contribution in [0.15, 0.2) is 36.5 Å². The largest absolute Gasteiger partial charge is 0.381 e. The minimum atomic E-state index is -0.180. The predicted octanol–water partition coefficient (Wildman–Crippen LogP) is 3.79. The molecule has 0 radical (unpaired) electrons. The van der Waals surface area contributed by atoms with Gasteiger partial charge < -0.3 is 5.32 Å². The normalized spacial score (nSPS) is 10.3. The van der Waals surface area contributed by atoms with Crippen LogP contribution >= 0.6 is 11.6 Å². The molecule has 1 heterocycles. The van der Waals surface area contributed by atoms with Gasteiger partial charge in [-0.1, -0.05) is 23.7 Å². The van der Waals surface area contributed by atoms with Gasteiger partial charge in [-0.3, -0.25) is 0 Å². The van der Waals surface area contributed by atoms with Gasteiger partial charge in [-0.05, 0) is 36.2 Å². The van der Waals surface area contributed by atoms with Gasteiger partial charge in [0.25, 0.3) is 0 Å². The molecule has 1 aromatic heterocycles. The van der Waals surface area contributed by atoms with Crippen LogP contribution in [0.25, 0.3) is 0 Å². The molecule has 17 heavy (non-hydrogen) atoms. The molecule has 4 heteroatoms. The molecule has 0 saturated heterocycles. The molecule has 0 fully saturated rings. The highest BCUT2D eigenvalue weighted by molar-refractivity contribution is 6.29. The second-order valence-corrected chi connectivity index (χ2v) is 4.19. The third kappa shape index (κ3) is 3.17. The van der Waals surface area contributed by atoms with Crippen molar-refractivity contribution >= 4 is 17.3 Å². The van der Waals surface area contributed by atoms with Crippen LogP contribution in [0.5, 0.6) is 0 Å². The Morgan fingerprint density at radius 1 is 1.29 bits per heavy atom. The standard InChI is InChI=1S/C13H12ClFN2/c1-9-6-10(2-3-12(9)15)8-17-11-4-5-16-13(14)7-11/h2-7H,8H2,1H3,(H,16,17). The van der Waals surface area contributed by atoms with Crippen molar-refractivity contribution in [2.75, 3.05) is 5.32 Å². The van der Waals surface area contributed by atoms with Crippen LogP contribution in [0, 0.1) is 12.7 Å². The lowest BCUT2D eigenvalue weighted by molar-refractivity contribution is 0.617. The highest BCUT2D eigenvalue weighted by atomic mass is 35.5. The summed E-state index contributed by atoms with van der Waals surface area (Å²) in [5, 5.41) is 3.65. The number of benzene rings is 1. The second-order valence-electron chi connectivity index (χ2n) is 3.80. The highest BCUT2D eigenvalue weighted by Crippen LogP contribution is 2.14. The molecule has 0 bridgehead atoms. The number of halogens is 2. The zero-order valence-corrected chi connectivity index (χ0v) is 10.1. The van der Waals surface area contributed by atoms with Crippen LogP contribution < -0.4 is 5.32 Å². The summed E-state index contributed by atoms with van der Waals surface area (Å²) in [6.07, 6.45) is 1.64. The number of aromatic nitrogens is 1. The number of pyridine rings is 1. The molecule has 2 aromatic rings. The molecule has 0 unspecified atom stereocenters. The topological polar surface area (TPSA) is 24.9 Å². The first-order valence-electron chi connectivity index (χ1n) is 5.25. The van der Waals surface area contributed by atoms with E-state index in [9.17, 15) is 4.39 Å². The monoisotopic (exact) mass is 250 g/mol. The van der Waals surface area contributed by atoms with Crippen LogP contribution in [-0.2, 0) is 6.54 Å². The minimum absolute atomic E-state index is 0.180. The number of anilines is 1. The zero-order chi connectivity index (χ0) is 12.3. The first-order chi connectivity index (χ1) is 8.15. The van der Waals surface area contributed by atoms with Gasteiger partial charge in [0.1, 0.15) is 11.0 Å². The Bertz CT molecular complexity index is 529. The summed E-state index contributed by atoms with van der Waals surface area (Å²) in [6.45, 7) is 2.38. The van der Waals surface area contributed by atoms with Gasteiger partial charge in [-0.15, -0.1) is 0 Å². The molecule has 2 nitrogen and oxygen atoms in total. The number of aryl methyl sites for hydroxylation is 1. The number of nitrogens with zero attached hydrogens (tertiary/aromatic N) is 1. The molecular formula is C13H12ClFN2. The van der Waals surface area contributed by atoms with Crippen molar-refractivity contribution < 1.29 is 4.39 Å². The van der Waals surface area contributed by atoms with Gasteiger partial charge in [0.05, 0.1) is 0 Å². The minimum Gasteiger partial charge on any atom is -0.381 e. The van der Waals surface area contributed by atoms with E-state index < -0.39 is 0 Å². The summed E-state index contributed by atoms with van der Waals surface area (Å²) >= 11 is 5.77. The average molecular weight is 251 g/mol. The first kappa shape index (κ1) is 11.9. The van der Waals surface area contributed by atoms with Crippen LogP contribution in [0.4, 0.5) is 10.1 Å². The Morgan fingerprint density at radius 2 is 2.12 bits per heavy atom. The smallest absolute Gasteiger partial charge is 0.131 e. The van der Waals surface area contributed by atoms with E-state index in [1.165, 1.54) is 6.07 Å². The molecule has 2 rings (SSSR count). The number of rotatable bonds is 3. The van der Waals surface area contributed by atoms with Crippen molar-refractivity contribution in [1.29, 1.82) is 0 Å². The van der Waals surface area contributed by atoms with E-state index >= 15 is 0 Å². The Labute approximate surface area is 104 Å². The van der Waals surface area contributed by atoms with Crippen molar-refractivity contribution in [2.24, 2.45) is 0 Å². The van der Waals surface area contributed by atoms with E-state index in [1.807, 2.05) is 12.1 Å². The van der Waals surface area contributed by atoms with Crippen molar-refractivity contribution in [1.82, 2.24) is 4.98 Å². The van der Waals surface area contributed by atoms with Gasteiger partial charge in [0, 0.05) is 18.4 Å². The number of hydrogen-bond donors (Lipinski definition) is 1. The maximum absolute atomic E-state index is 13.1. The van der Waals surface area contributed by atoms with E-state index in [0.29, 0.717) is 17.3 Å². The molecule has 0 spiro atoms. The summed E-state index contributed by atoms with van der Waals surface area (Å²) in [5.41, 5.74) is 2.57. The SMILES string of the molecule is Cc1cc(CNc2ccnc(Cl)c2)ccc1F. The van der Waals surface area contributed by atoms with Crippen molar-refractivity contribution in [3.05, 3.63) is 58.6 Å². The van der Waals surface area contributed by atoms with E-state index in [0.717, 1.165) is 11.3 Å². The zero-order valence-electron chi connectivity index (χ0n) is 9.37. The Hall–Kier alpha value is -1.61. The Balaban J connectivity index is 2.05. The summed E-state index contributed by atoms with van der Waals surface area (Å²) in [5.74, 6) is -0.180. The van der Waals surface area contributed by atoms with E-state index in [2.05, 4.69) is 10.3 Å². The van der Waals surface area contributed by atoms with Gasteiger partial charge >= 0.3 is 0 Å². The lowest BCUT2D eigenvalue weighted by atomic mass is 10.1. The molecule has 0 atom stereocenters. The molecule has 1 N–H and O–H groups in total. The van der Waals surface area contributed by atoms with Crippen LogP contribution in [-0.4, -0.2) is 4.98 Å². The molecule has 1 aromatic carbocycles. The number of nitrogens with one attached hydrogen (secondary N) is 1. The lowest BCUT2D eigenvalue weighted by Crippen LogP contribution is -2.00. The third-order valence-electron chi connectivity index (χ3n) is 2.45.